The van der Waals surface area contributed by atoms with Crippen molar-refractivity contribution >= 4 is 39.5 Å². The Morgan fingerprint density at radius 2 is 1.87 bits per heavy atom. The molecule has 8 heteroatoms. The highest BCUT2D eigenvalue weighted by molar-refractivity contribution is 6.06. The summed E-state index contributed by atoms with van der Waals surface area (Å²) in [7, 11) is 1.60. The Kier molecular flexibility index (Phi) is 5.62. The van der Waals surface area contributed by atoms with Crippen LogP contribution in [0, 0.1) is 5.92 Å². The standard InChI is InChI=1S/C23H26N6O2/c1-14(2)13-29-19(12-25-23(30)26-15-8-10-16(31-3)11-9-15)28-20-21(29)17-6-4-5-7-18(17)27-22(20)24/h4-11,14H,12-13H2,1-3H3,(H2,24,27)(H2,25,26,30). The number of nitrogens with zero attached hydrogens (tertiary/aromatic N) is 3. The monoisotopic (exact) mass is 418 g/mol. The number of hydrogen-bond donors (Lipinski definition) is 3. The van der Waals surface area contributed by atoms with Gasteiger partial charge in [0, 0.05) is 17.6 Å². The molecule has 0 spiro atoms. The SMILES string of the molecule is COc1ccc(NC(=O)NCc2nc3c(N)nc4ccccc4c3n2CC(C)C)cc1. The van der Waals surface area contributed by atoms with E-state index in [1.165, 1.54) is 0 Å². The Morgan fingerprint density at radius 1 is 1.13 bits per heavy atom. The number of rotatable bonds is 6. The molecule has 0 aliphatic heterocycles. The van der Waals surface area contributed by atoms with Crippen LogP contribution in [0.5, 0.6) is 5.75 Å². The van der Waals surface area contributed by atoms with Crippen molar-refractivity contribution in [1.82, 2.24) is 19.9 Å². The molecule has 160 valence electrons. The number of carbonyl (C=O) groups is 1. The molecule has 0 atom stereocenters. The van der Waals surface area contributed by atoms with Crippen LogP contribution in [0.25, 0.3) is 21.9 Å². The van der Waals surface area contributed by atoms with E-state index in [-0.39, 0.29) is 12.6 Å². The van der Waals surface area contributed by atoms with Crippen LogP contribution >= 0.6 is 0 Å². The lowest BCUT2D eigenvalue weighted by atomic mass is 10.1. The van der Waals surface area contributed by atoms with Gasteiger partial charge in [0.2, 0.25) is 0 Å². The summed E-state index contributed by atoms with van der Waals surface area (Å²) in [6, 6.07) is 14.7. The van der Waals surface area contributed by atoms with Crippen molar-refractivity contribution in [3.8, 4) is 5.75 Å². The van der Waals surface area contributed by atoms with Crippen molar-refractivity contribution in [2.75, 3.05) is 18.2 Å². The number of nitrogens with two attached hydrogens (primary N) is 1. The average molecular weight is 419 g/mol. The number of urea groups is 1. The van der Waals surface area contributed by atoms with Crippen LogP contribution in [0.4, 0.5) is 16.3 Å². The molecule has 0 saturated heterocycles. The van der Waals surface area contributed by atoms with Gasteiger partial charge in [-0.15, -0.1) is 0 Å². The van der Waals surface area contributed by atoms with Crippen molar-refractivity contribution in [3.05, 3.63) is 54.4 Å². The zero-order valence-corrected chi connectivity index (χ0v) is 17.8. The summed E-state index contributed by atoms with van der Waals surface area (Å²) < 4.78 is 7.27. The summed E-state index contributed by atoms with van der Waals surface area (Å²) in [4.78, 5) is 21.7. The molecule has 0 aliphatic rings. The highest BCUT2D eigenvalue weighted by atomic mass is 16.5. The zero-order chi connectivity index (χ0) is 22.0. The molecule has 2 aromatic carbocycles. The van der Waals surface area contributed by atoms with Gasteiger partial charge in [-0.2, -0.15) is 0 Å². The third-order valence-electron chi connectivity index (χ3n) is 4.99. The van der Waals surface area contributed by atoms with Crippen molar-refractivity contribution < 1.29 is 9.53 Å². The minimum atomic E-state index is -0.315. The van der Waals surface area contributed by atoms with Gasteiger partial charge in [0.1, 0.15) is 17.1 Å². The van der Waals surface area contributed by atoms with Crippen molar-refractivity contribution in [2.24, 2.45) is 5.92 Å². The van der Waals surface area contributed by atoms with E-state index in [0.717, 1.165) is 34.5 Å². The summed E-state index contributed by atoms with van der Waals surface area (Å²) in [5, 5.41) is 6.71. The molecule has 8 nitrogen and oxygen atoms in total. The van der Waals surface area contributed by atoms with Gasteiger partial charge in [-0.3, -0.25) is 0 Å². The summed E-state index contributed by atoms with van der Waals surface area (Å²) in [6.45, 7) is 5.30. The molecule has 31 heavy (non-hydrogen) atoms. The number of pyridine rings is 1. The predicted molar refractivity (Wildman–Crippen MR) is 123 cm³/mol. The predicted octanol–water partition coefficient (Wildman–Crippen LogP) is 4.15. The van der Waals surface area contributed by atoms with E-state index < -0.39 is 0 Å². The topological polar surface area (TPSA) is 107 Å². The number of nitrogen functional groups attached to an aromatic ring is 1. The number of ether oxygens (including phenoxy) is 1. The molecule has 4 N–H and O–H groups in total. The molecule has 2 amide bonds. The first-order valence-electron chi connectivity index (χ1n) is 10.2. The van der Waals surface area contributed by atoms with E-state index in [1.54, 1.807) is 31.4 Å². The fraction of sp³-hybridized carbons (Fsp3) is 0.261. The van der Waals surface area contributed by atoms with Gasteiger partial charge in [0.25, 0.3) is 0 Å². The number of imidazole rings is 1. The Morgan fingerprint density at radius 3 is 2.58 bits per heavy atom. The van der Waals surface area contributed by atoms with E-state index >= 15 is 0 Å². The lowest BCUT2D eigenvalue weighted by Gasteiger charge is -2.14. The van der Waals surface area contributed by atoms with E-state index in [0.29, 0.717) is 22.9 Å². The smallest absolute Gasteiger partial charge is 0.319 e. The first-order valence-corrected chi connectivity index (χ1v) is 10.2. The number of methoxy groups -OCH3 is 1. The second kappa shape index (κ2) is 8.51. The Labute approximate surface area is 180 Å². The molecule has 0 aliphatic carbocycles. The van der Waals surface area contributed by atoms with Crippen LogP contribution in [-0.2, 0) is 13.1 Å². The number of aromatic nitrogens is 3. The quantitative estimate of drug-likeness (QED) is 0.436. The second-order valence-corrected chi connectivity index (χ2v) is 7.78. The van der Waals surface area contributed by atoms with Crippen molar-refractivity contribution in [2.45, 2.75) is 26.9 Å². The lowest BCUT2D eigenvalue weighted by Crippen LogP contribution is -2.29. The van der Waals surface area contributed by atoms with E-state index in [9.17, 15) is 4.79 Å². The third-order valence-corrected chi connectivity index (χ3v) is 4.99. The van der Waals surface area contributed by atoms with Gasteiger partial charge in [-0.25, -0.2) is 14.8 Å². The van der Waals surface area contributed by atoms with Crippen LogP contribution in [0.15, 0.2) is 48.5 Å². The molecule has 2 aromatic heterocycles. The van der Waals surface area contributed by atoms with E-state index in [1.807, 2.05) is 24.3 Å². The maximum absolute atomic E-state index is 12.4. The van der Waals surface area contributed by atoms with Crippen LogP contribution < -0.4 is 21.1 Å². The normalized spacial score (nSPS) is 11.2. The number of nitrogens with one attached hydrogen (secondary N) is 2. The van der Waals surface area contributed by atoms with Crippen molar-refractivity contribution in [1.29, 1.82) is 0 Å². The van der Waals surface area contributed by atoms with Crippen molar-refractivity contribution in [3.63, 3.8) is 0 Å². The summed E-state index contributed by atoms with van der Waals surface area (Å²) >= 11 is 0. The highest BCUT2D eigenvalue weighted by Gasteiger charge is 2.18. The summed E-state index contributed by atoms with van der Waals surface area (Å²) in [5.41, 5.74) is 9.33. The number of benzene rings is 2. The molecule has 0 saturated carbocycles. The number of anilines is 2. The molecule has 0 fully saturated rings. The minimum absolute atomic E-state index is 0.261. The van der Waals surface area contributed by atoms with Crippen LogP contribution in [0.1, 0.15) is 19.7 Å². The number of amides is 2. The Bertz CT molecular complexity index is 1230. The summed E-state index contributed by atoms with van der Waals surface area (Å²) in [5.74, 6) is 2.24. The third kappa shape index (κ3) is 4.23. The van der Waals surface area contributed by atoms with Gasteiger partial charge in [-0.1, -0.05) is 32.0 Å². The van der Waals surface area contributed by atoms with Gasteiger partial charge in [0.15, 0.2) is 5.82 Å². The molecular weight excluding hydrogens is 392 g/mol. The first kappa shape index (κ1) is 20.5. The molecule has 0 unspecified atom stereocenters. The molecule has 2 heterocycles. The maximum Gasteiger partial charge on any atom is 0.319 e. The van der Waals surface area contributed by atoms with Gasteiger partial charge >= 0.3 is 6.03 Å². The largest absolute Gasteiger partial charge is 0.497 e. The number of carbonyl (C=O) groups excluding carboxylic acids is 1. The lowest BCUT2D eigenvalue weighted by molar-refractivity contribution is 0.251. The zero-order valence-electron chi connectivity index (χ0n) is 17.8. The number of para-hydroxylation sites is 1. The molecule has 4 rings (SSSR count). The highest BCUT2D eigenvalue weighted by Crippen LogP contribution is 2.29. The van der Waals surface area contributed by atoms with Gasteiger partial charge < -0.3 is 25.7 Å². The Hall–Kier alpha value is -3.81. The maximum atomic E-state index is 12.4. The van der Waals surface area contributed by atoms with Crippen LogP contribution in [-0.4, -0.2) is 27.7 Å². The first-order chi connectivity index (χ1) is 15.0. The number of hydrogen-bond acceptors (Lipinski definition) is 5. The van der Waals surface area contributed by atoms with Gasteiger partial charge in [-0.05, 0) is 36.2 Å². The van der Waals surface area contributed by atoms with Gasteiger partial charge in [0.05, 0.1) is 24.7 Å². The minimum Gasteiger partial charge on any atom is -0.497 e. The fourth-order valence-corrected chi connectivity index (χ4v) is 3.61. The van der Waals surface area contributed by atoms with Crippen LogP contribution in [0.3, 0.4) is 0 Å². The van der Waals surface area contributed by atoms with E-state index in [4.69, 9.17) is 15.5 Å². The van der Waals surface area contributed by atoms with Crippen LogP contribution in [0.2, 0.25) is 0 Å². The molecule has 4 aromatic rings. The Balaban J connectivity index is 1.62. The fourth-order valence-electron chi connectivity index (χ4n) is 3.61. The number of fused-ring (bicyclic) bond motifs is 3. The molecular formula is C23H26N6O2. The second-order valence-electron chi connectivity index (χ2n) is 7.78. The van der Waals surface area contributed by atoms with E-state index in [2.05, 4.69) is 34.0 Å². The summed E-state index contributed by atoms with van der Waals surface area (Å²) in [6.07, 6.45) is 0. The average Bonchev–Trinajstić information content (AvgIpc) is 3.11. The molecule has 0 radical (unpaired) electrons. The molecule has 0 bridgehead atoms.